The van der Waals surface area contributed by atoms with E-state index >= 15 is 0 Å². The van der Waals surface area contributed by atoms with Gasteiger partial charge in [0.05, 0.1) is 20.4 Å². The fraction of sp³-hybridized carbons (Fsp3) is 0.154. The van der Waals surface area contributed by atoms with Crippen molar-refractivity contribution in [2.45, 2.75) is 0 Å². The van der Waals surface area contributed by atoms with Crippen LogP contribution >= 0.6 is 15.9 Å². The standard InChI is InChI=1S/C13H12BrNO3/c1-16-10-3-4-12(13(6-10)17-2)18-11-5-9(14)7-15-8-11/h3-8H,1-2H3. The number of benzene rings is 1. The lowest BCUT2D eigenvalue weighted by atomic mass is 10.3. The zero-order chi connectivity index (χ0) is 13.0. The topological polar surface area (TPSA) is 40.6 Å². The maximum atomic E-state index is 5.71. The second-order valence-corrected chi connectivity index (χ2v) is 4.37. The summed E-state index contributed by atoms with van der Waals surface area (Å²) in [5.74, 6) is 2.56. The molecule has 2 rings (SSSR count). The minimum atomic E-state index is 0.606. The SMILES string of the molecule is COc1ccc(Oc2cncc(Br)c2)c(OC)c1. The maximum absolute atomic E-state index is 5.71. The van der Waals surface area contributed by atoms with Gasteiger partial charge in [0.25, 0.3) is 0 Å². The van der Waals surface area contributed by atoms with Gasteiger partial charge in [-0.25, -0.2) is 0 Å². The smallest absolute Gasteiger partial charge is 0.169 e. The molecule has 0 saturated heterocycles. The van der Waals surface area contributed by atoms with Gasteiger partial charge in [-0.2, -0.15) is 0 Å². The van der Waals surface area contributed by atoms with Crippen molar-refractivity contribution in [1.29, 1.82) is 0 Å². The molecule has 0 fully saturated rings. The number of nitrogens with zero attached hydrogens (tertiary/aromatic N) is 1. The molecule has 0 atom stereocenters. The highest BCUT2D eigenvalue weighted by Gasteiger charge is 2.07. The molecule has 94 valence electrons. The van der Waals surface area contributed by atoms with Gasteiger partial charge in [0.2, 0.25) is 0 Å². The predicted octanol–water partition coefficient (Wildman–Crippen LogP) is 3.65. The molecule has 4 nitrogen and oxygen atoms in total. The Morgan fingerprint density at radius 3 is 2.44 bits per heavy atom. The molecule has 1 aromatic carbocycles. The second-order valence-electron chi connectivity index (χ2n) is 3.46. The van der Waals surface area contributed by atoms with Crippen LogP contribution in [0, 0.1) is 0 Å². The Balaban J connectivity index is 2.28. The van der Waals surface area contributed by atoms with E-state index in [4.69, 9.17) is 14.2 Å². The van der Waals surface area contributed by atoms with Crippen molar-refractivity contribution in [2.75, 3.05) is 14.2 Å². The van der Waals surface area contributed by atoms with E-state index in [0.29, 0.717) is 23.0 Å². The van der Waals surface area contributed by atoms with Gasteiger partial charge >= 0.3 is 0 Å². The monoisotopic (exact) mass is 309 g/mol. The molecule has 18 heavy (non-hydrogen) atoms. The molecule has 0 radical (unpaired) electrons. The Hall–Kier alpha value is -1.75. The van der Waals surface area contributed by atoms with Crippen molar-refractivity contribution < 1.29 is 14.2 Å². The number of rotatable bonds is 4. The lowest BCUT2D eigenvalue weighted by Crippen LogP contribution is -1.92. The summed E-state index contributed by atoms with van der Waals surface area (Å²) < 4.78 is 16.9. The summed E-state index contributed by atoms with van der Waals surface area (Å²) in [6, 6.07) is 7.19. The molecular weight excluding hydrogens is 298 g/mol. The molecular formula is C13H12BrNO3. The number of pyridine rings is 1. The second kappa shape index (κ2) is 5.73. The fourth-order valence-electron chi connectivity index (χ4n) is 1.43. The minimum Gasteiger partial charge on any atom is -0.497 e. The van der Waals surface area contributed by atoms with E-state index in [2.05, 4.69) is 20.9 Å². The van der Waals surface area contributed by atoms with Crippen LogP contribution in [0.5, 0.6) is 23.0 Å². The number of halogens is 1. The first-order valence-electron chi connectivity index (χ1n) is 5.23. The molecule has 2 aromatic rings. The number of ether oxygens (including phenoxy) is 3. The summed E-state index contributed by atoms with van der Waals surface area (Å²) in [4.78, 5) is 4.03. The molecule has 5 heteroatoms. The first-order valence-corrected chi connectivity index (χ1v) is 6.02. The number of hydrogen-bond acceptors (Lipinski definition) is 4. The molecule has 0 amide bonds. The van der Waals surface area contributed by atoms with Gasteiger partial charge in [0, 0.05) is 16.7 Å². The van der Waals surface area contributed by atoms with Gasteiger partial charge in [0.1, 0.15) is 11.5 Å². The van der Waals surface area contributed by atoms with Gasteiger partial charge in [-0.1, -0.05) is 0 Å². The Labute approximate surface area is 114 Å². The summed E-state index contributed by atoms with van der Waals surface area (Å²) in [5, 5.41) is 0. The molecule has 0 N–H and O–H groups in total. The Bertz CT molecular complexity index is 546. The minimum absolute atomic E-state index is 0.606. The van der Waals surface area contributed by atoms with Crippen LogP contribution in [-0.4, -0.2) is 19.2 Å². The van der Waals surface area contributed by atoms with E-state index < -0.39 is 0 Å². The third kappa shape index (κ3) is 2.92. The van der Waals surface area contributed by atoms with Gasteiger partial charge in [0.15, 0.2) is 11.5 Å². The average molecular weight is 310 g/mol. The molecule has 0 spiro atoms. The third-order valence-electron chi connectivity index (χ3n) is 2.28. The Morgan fingerprint density at radius 1 is 0.944 bits per heavy atom. The van der Waals surface area contributed by atoms with Crippen LogP contribution in [0.2, 0.25) is 0 Å². The third-order valence-corrected chi connectivity index (χ3v) is 2.71. The zero-order valence-electron chi connectivity index (χ0n) is 10.0. The van der Waals surface area contributed by atoms with Crippen LogP contribution in [0.25, 0.3) is 0 Å². The highest BCUT2D eigenvalue weighted by atomic mass is 79.9. The van der Waals surface area contributed by atoms with E-state index in [9.17, 15) is 0 Å². The van der Waals surface area contributed by atoms with Crippen molar-refractivity contribution in [3.05, 3.63) is 41.1 Å². The molecule has 0 bridgehead atoms. The van der Waals surface area contributed by atoms with E-state index in [1.165, 1.54) is 0 Å². The van der Waals surface area contributed by atoms with Crippen LogP contribution in [-0.2, 0) is 0 Å². The largest absolute Gasteiger partial charge is 0.497 e. The Morgan fingerprint density at radius 2 is 1.78 bits per heavy atom. The van der Waals surface area contributed by atoms with Crippen LogP contribution in [0.1, 0.15) is 0 Å². The molecule has 1 aromatic heterocycles. The van der Waals surface area contributed by atoms with E-state index in [0.717, 1.165) is 4.47 Å². The van der Waals surface area contributed by atoms with Crippen LogP contribution in [0.3, 0.4) is 0 Å². The highest BCUT2D eigenvalue weighted by Crippen LogP contribution is 2.34. The maximum Gasteiger partial charge on any atom is 0.169 e. The van der Waals surface area contributed by atoms with Gasteiger partial charge < -0.3 is 14.2 Å². The molecule has 0 unspecified atom stereocenters. The number of aromatic nitrogens is 1. The number of hydrogen-bond donors (Lipinski definition) is 0. The van der Waals surface area contributed by atoms with Crippen molar-refractivity contribution in [3.8, 4) is 23.0 Å². The molecule has 1 heterocycles. The van der Waals surface area contributed by atoms with Crippen molar-refractivity contribution in [1.82, 2.24) is 4.98 Å². The van der Waals surface area contributed by atoms with Crippen LogP contribution in [0.4, 0.5) is 0 Å². The predicted molar refractivity (Wildman–Crippen MR) is 71.6 cm³/mol. The fourth-order valence-corrected chi connectivity index (χ4v) is 1.78. The quantitative estimate of drug-likeness (QED) is 0.864. The lowest BCUT2D eigenvalue weighted by molar-refractivity contribution is 0.368. The van der Waals surface area contributed by atoms with Gasteiger partial charge in [-0.05, 0) is 34.1 Å². The molecule has 0 aliphatic carbocycles. The van der Waals surface area contributed by atoms with E-state index in [1.807, 2.05) is 12.1 Å². The van der Waals surface area contributed by atoms with Crippen molar-refractivity contribution >= 4 is 15.9 Å². The first-order chi connectivity index (χ1) is 8.72. The molecule has 0 aliphatic heterocycles. The highest BCUT2D eigenvalue weighted by molar-refractivity contribution is 9.10. The normalized spacial score (nSPS) is 9.94. The average Bonchev–Trinajstić information content (AvgIpc) is 2.39. The van der Waals surface area contributed by atoms with Gasteiger partial charge in [-0.3, -0.25) is 4.98 Å². The summed E-state index contributed by atoms with van der Waals surface area (Å²) in [5.41, 5.74) is 0. The summed E-state index contributed by atoms with van der Waals surface area (Å²) in [7, 11) is 3.19. The number of methoxy groups -OCH3 is 2. The van der Waals surface area contributed by atoms with E-state index in [1.54, 1.807) is 38.7 Å². The van der Waals surface area contributed by atoms with Crippen LogP contribution in [0.15, 0.2) is 41.1 Å². The Kier molecular flexibility index (Phi) is 4.04. The zero-order valence-corrected chi connectivity index (χ0v) is 11.6. The van der Waals surface area contributed by atoms with Gasteiger partial charge in [-0.15, -0.1) is 0 Å². The summed E-state index contributed by atoms with van der Waals surface area (Å²) in [6.07, 6.45) is 3.33. The summed E-state index contributed by atoms with van der Waals surface area (Å²) >= 11 is 3.34. The lowest BCUT2D eigenvalue weighted by Gasteiger charge is -2.11. The van der Waals surface area contributed by atoms with Crippen molar-refractivity contribution in [2.24, 2.45) is 0 Å². The van der Waals surface area contributed by atoms with Crippen LogP contribution < -0.4 is 14.2 Å². The molecule has 0 saturated carbocycles. The van der Waals surface area contributed by atoms with Crippen molar-refractivity contribution in [3.63, 3.8) is 0 Å². The first kappa shape index (κ1) is 12.7. The summed E-state index contributed by atoms with van der Waals surface area (Å²) in [6.45, 7) is 0. The van der Waals surface area contributed by atoms with E-state index in [-0.39, 0.29) is 0 Å². The molecule has 0 aliphatic rings.